The van der Waals surface area contributed by atoms with E-state index in [0.717, 1.165) is 35.6 Å². The van der Waals surface area contributed by atoms with Crippen molar-refractivity contribution in [1.82, 2.24) is 20.0 Å². The second-order valence-electron chi connectivity index (χ2n) is 7.58. The van der Waals surface area contributed by atoms with E-state index in [4.69, 9.17) is 4.74 Å². The van der Waals surface area contributed by atoms with E-state index in [0.29, 0.717) is 18.0 Å². The molecule has 2 heterocycles. The molecular weight excluding hydrogens is 424 g/mol. The largest absolute Gasteiger partial charge is 0.447 e. The molecule has 0 unspecified atom stereocenters. The second-order valence-corrected chi connectivity index (χ2v) is 10.4. The van der Waals surface area contributed by atoms with Crippen LogP contribution < -0.4 is 10.0 Å². The summed E-state index contributed by atoms with van der Waals surface area (Å²) in [7, 11) is -3.62. The van der Waals surface area contributed by atoms with Crippen molar-refractivity contribution >= 4 is 27.5 Å². The third-order valence-electron chi connectivity index (χ3n) is 4.94. The van der Waals surface area contributed by atoms with Crippen molar-refractivity contribution in [2.45, 2.75) is 69.4 Å². The summed E-state index contributed by atoms with van der Waals surface area (Å²) in [5.41, 5.74) is 0.612. The Kier molecular flexibility index (Phi) is 7.43. The lowest BCUT2D eigenvalue weighted by molar-refractivity contribution is 0.109. The molecule has 0 atom stereocenters. The van der Waals surface area contributed by atoms with Crippen molar-refractivity contribution in [3.05, 3.63) is 29.7 Å². The van der Waals surface area contributed by atoms with Crippen LogP contribution in [-0.4, -0.2) is 43.2 Å². The molecule has 1 saturated carbocycles. The van der Waals surface area contributed by atoms with Crippen LogP contribution in [0.2, 0.25) is 0 Å². The Morgan fingerprint density at radius 1 is 1.27 bits per heavy atom. The van der Waals surface area contributed by atoms with Gasteiger partial charge in [-0.1, -0.05) is 6.92 Å². The summed E-state index contributed by atoms with van der Waals surface area (Å²) in [5.74, 6) is 0.304. The monoisotopic (exact) mass is 452 g/mol. The van der Waals surface area contributed by atoms with Gasteiger partial charge in [0.1, 0.15) is 4.90 Å². The molecule has 0 radical (unpaired) electrons. The molecule has 2 N–H and O–H groups in total. The van der Waals surface area contributed by atoms with E-state index in [1.165, 1.54) is 17.5 Å². The average Bonchev–Trinajstić information content (AvgIpc) is 3.18. The molecule has 164 valence electrons. The second kappa shape index (κ2) is 9.84. The van der Waals surface area contributed by atoms with Crippen LogP contribution >= 0.6 is 11.3 Å². The van der Waals surface area contributed by atoms with Crippen LogP contribution in [0.15, 0.2) is 29.6 Å². The molecule has 2 aromatic rings. The Bertz CT molecular complexity index is 967. The van der Waals surface area contributed by atoms with E-state index in [2.05, 4.69) is 20.0 Å². The molecule has 8 nitrogen and oxygen atoms in total. The summed E-state index contributed by atoms with van der Waals surface area (Å²) >= 11 is 1.52. The van der Waals surface area contributed by atoms with E-state index < -0.39 is 10.0 Å². The van der Waals surface area contributed by atoms with Gasteiger partial charge in [-0.3, -0.25) is 4.98 Å². The molecule has 2 aromatic heterocycles. The summed E-state index contributed by atoms with van der Waals surface area (Å²) in [6, 6.07) is 1.83. The first kappa shape index (κ1) is 22.6. The number of nitrogens with zero attached hydrogens (tertiary/aromatic N) is 2. The van der Waals surface area contributed by atoms with Gasteiger partial charge in [0, 0.05) is 42.7 Å². The van der Waals surface area contributed by atoms with Crippen molar-refractivity contribution in [3.8, 4) is 10.4 Å². The number of rotatable bonds is 7. The van der Waals surface area contributed by atoms with Gasteiger partial charge in [0.05, 0.1) is 16.0 Å². The molecule has 0 bridgehead atoms. The molecule has 1 aliphatic carbocycles. The van der Waals surface area contributed by atoms with Gasteiger partial charge in [-0.2, -0.15) is 0 Å². The van der Waals surface area contributed by atoms with E-state index in [9.17, 15) is 13.2 Å². The minimum Gasteiger partial charge on any atom is -0.447 e. The summed E-state index contributed by atoms with van der Waals surface area (Å²) in [6.07, 6.45) is 7.76. The topological polar surface area (TPSA) is 110 Å². The van der Waals surface area contributed by atoms with Crippen molar-refractivity contribution in [1.29, 1.82) is 0 Å². The first-order chi connectivity index (χ1) is 14.3. The Morgan fingerprint density at radius 2 is 2.00 bits per heavy atom. The fourth-order valence-electron chi connectivity index (χ4n) is 3.57. The highest BCUT2D eigenvalue weighted by Crippen LogP contribution is 2.39. The first-order valence-electron chi connectivity index (χ1n) is 10.2. The fourth-order valence-corrected chi connectivity index (χ4v) is 5.96. The standard InChI is InChI=1S/C20H28N4O4S2/c1-4-23-30(26,27)18-12-21-10-9-16(18)17-11-22-19(29-17)14-5-7-15(8-6-14)24-20(25)28-13(2)3/h9-15,23H,4-8H2,1-3H3,(H,24,25)/t14-,15-. The summed E-state index contributed by atoms with van der Waals surface area (Å²) in [6.45, 7) is 5.71. The number of carbonyl (C=O) groups excluding carboxylic acids is 1. The van der Waals surface area contributed by atoms with Crippen LogP contribution in [0.1, 0.15) is 57.4 Å². The molecule has 0 spiro atoms. The Hall–Kier alpha value is -2.04. The Labute approximate surface area is 181 Å². The summed E-state index contributed by atoms with van der Waals surface area (Å²) in [5, 5.41) is 3.93. The number of pyridine rings is 1. The number of alkyl carbamates (subject to hydrolysis) is 1. The molecule has 1 amide bonds. The lowest BCUT2D eigenvalue weighted by Gasteiger charge is -2.28. The van der Waals surface area contributed by atoms with E-state index in [1.54, 1.807) is 25.4 Å². The predicted molar refractivity (Wildman–Crippen MR) is 116 cm³/mol. The minimum absolute atomic E-state index is 0.115. The molecule has 1 aliphatic rings. The normalized spacial score (nSPS) is 19.6. The van der Waals surface area contributed by atoms with Crippen LogP contribution in [0.3, 0.4) is 0 Å². The third-order valence-corrected chi connectivity index (χ3v) is 7.70. The van der Waals surface area contributed by atoms with Gasteiger partial charge in [0.25, 0.3) is 0 Å². The lowest BCUT2D eigenvalue weighted by Crippen LogP contribution is -2.38. The molecule has 30 heavy (non-hydrogen) atoms. The van der Waals surface area contributed by atoms with Crippen molar-refractivity contribution < 1.29 is 17.9 Å². The van der Waals surface area contributed by atoms with Crippen LogP contribution in [0.25, 0.3) is 10.4 Å². The number of thiazole rings is 1. The van der Waals surface area contributed by atoms with Crippen molar-refractivity contribution in [2.24, 2.45) is 0 Å². The molecule has 10 heteroatoms. The molecular formula is C20H28N4O4S2. The zero-order chi connectivity index (χ0) is 21.7. The highest BCUT2D eigenvalue weighted by Gasteiger charge is 2.27. The Balaban J connectivity index is 1.68. The van der Waals surface area contributed by atoms with Gasteiger partial charge < -0.3 is 10.1 Å². The quantitative estimate of drug-likeness (QED) is 0.663. The zero-order valence-corrected chi connectivity index (χ0v) is 19.1. The highest BCUT2D eigenvalue weighted by molar-refractivity contribution is 7.89. The molecule has 0 aliphatic heterocycles. The van der Waals surface area contributed by atoms with E-state index in [1.807, 2.05) is 13.8 Å². The highest BCUT2D eigenvalue weighted by atomic mass is 32.2. The van der Waals surface area contributed by atoms with Gasteiger partial charge in [-0.05, 0) is 45.6 Å². The predicted octanol–water partition coefficient (Wildman–Crippen LogP) is 3.66. The number of ether oxygens (including phenoxy) is 1. The number of amides is 1. The number of hydrogen-bond acceptors (Lipinski definition) is 7. The van der Waals surface area contributed by atoms with Crippen LogP contribution in [-0.2, 0) is 14.8 Å². The van der Waals surface area contributed by atoms with Gasteiger partial charge in [0.2, 0.25) is 10.0 Å². The smallest absolute Gasteiger partial charge is 0.407 e. The SMILES string of the molecule is CCNS(=O)(=O)c1cnccc1-c1cnc([C@H]2CC[C@H](NC(=O)OC(C)C)CC2)s1. The number of aromatic nitrogens is 2. The zero-order valence-electron chi connectivity index (χ0n) is 17.4. The van der Waals surface area contributed by atoms with E-state index >= 15 is 0 Å². The van der Waals surface area contributed by atoms with Crippen LogP contribution in [0.4, 0.5) is 4.79 Å². The number of sulfonamides is 1. The Morgan fingerprint density at radius 3 is 2.67 bits per heavy atom. The summed E-state index contributed by atoms with van der Waals surface area (Å²) < 4.78 is 32.7. The van der Waals surface area contributed by atoms with Crippen LogP contribution in [0.5, 0.6) is 0 Å². The van der Waals surface area contributed by atoms with Crippen LogP contribution in [0, 0.1) is 0 Å². The number of carbonyl (C=O) groups is 1. The molecule has 0 aromatic carbocycles. The summed E-state index contributed by atoms with van der Waals surface area (Å²) in [4.78, 5) is 21.3. The van der Waals surface area contributed by atoms with Crippen molar-refractivity contribution in [3.63, 3.8) is 0 Å². The maximum atomic E-state index is 12.5. The average molecular weight is 453 g/mol. The van der Waals surface area contributed by atoms with Gasteiger partial charge in [-0.25, -0.2) is 22.9 Å². The number of hydrogen-bond donors (Lipinski definition) is 2. The molecule has 0 saturated heterocycles. The minimum atomic E-state index is -3.62. The lowest BCUT2D eigenvalue weighted by atomic mass is 9.86. The van der Waals surface area contributed by atoms with E-state index in [-0.39, 0.29) is 23.1 Å². The van der Waals surface area contributed by atoms with Gasteiger partial charge in [-0.15, -0.1) is 11.3 Å². The van der Waals surface area contributed by atoms with Gasteiger partial charge >= 0.3 is 6.09 Å². The maximum Gasteiger partial charge on any atom is 0.407 e. The fraction of sp³-hybridized carbons (Fsp3) is 0.550. The first-order valence-corrected chi connectivity index (χ1v) is 12.5. The van der Waals surface area contributed by atoms with Crippen molar-refractivity contribution in [2.75, 3.05) is 6.54 Å². The van der Waals surface area contributed by atoms with Gasteiger partial charge in [0.15, 0.2) is 0 Å². The maximum absolute atomic E-state index is 12.5. The number of nitrogens with one attached hydrogen (secondary N) is 2. The molecule has 3 rings (SSSR count). The third kappa shape index (κ3) is 5.55. The molecule has 1 fully saturated rings.